The van der Waals surface area contributed by atoms with E-state index in [-0.39, 0.29) is 11.8 Å². The van der Waals surface area contributed by atoms with Crippen molar-refractivity contribution in [3.63, 3.8) is 0 Å². The molecule has 0 spiro atoms. The Morgan fingerprint density at radius 1 is 0.923 bits per heavy atom. The highest BCUT2D eigenvalue weighted by molar-refractivity contribution is 14.1. The maximum atomic E-state index is 12.1. The summed E-state index contributed by atoms with van der Waals surface area (Å²) in [5, 5.41) is 0. The molecule has 0 atom stereocenters. The first-order chi connectivity index (χ1) is 12.6. The normalized spacial score (nSPS) is 10.2. The zero-order valence-electron chi connectivity index (χ0n) is 14.8. The largest absolute Gasteiger partial charge is 0.494 e. The Bertz CT molecular complexity index is 732. The number of unbranched alkanes of at least 4 members (excludes halogenated alkanes) is 3. The van der Waals surface area contributed by atoms with Crippen molar-refractivity contribution in [3.05, 3.63) is 63.2 Å². The molecule has 0 unspecified atom stereocenters. The fourth-order valence-corrected chi connectivity index (χ4v) is 2.85. The fraction of sp³-hybridized carbons (Fsp3) is 0.300. The van der Waals surface area contributed by atoms with Crippen molar-refractivity contribution in [2.24, 2.45) is 0 Å². The molecule has 0 radical (unpaired) electrons. The van der Waals surface area contributed by atoms with Gasteiger partial charge in [-0.2, -0.15) is 0 Å². The molecule has 0 aliphatic rings. The molecule has 5 nitrogen and oxygen atoms in total. The molecule has 2 aromatic carbocycles. The van der Waals surface area contributed by atoms with Crippen molar-refractivity contribution >= 4 is 34.4 Å². The number of carbonyl (C=O) groups excluding carboxylic acids is 2. The minimum atomic E-state index is -0.376. The van der Waals surface area contributed by atoms with Gasteiger partial charge in [0.1, 0.15) is 5.75 Å². The van der Waals surface area contributed by atoms with Gasteiger partial charge in [0.25, 0.3) is 11.8 Å². The second kappa shape index (κ2) is 10.8. The second-order valence-electron chi connectivity index (χ2n) is 5.85. The maximum Gasteiger partial charge on any atom is 0.269 e. The third-order valence-electron chi connectivity index (χ3n) is 3.76. The number of hydrogen-bond donors (Lipinski definition) is 2. The Balaban J connectivity index is 1.79. The van der Waals surface area contributed by atoms with E-state index in [1.54, 1.807) is 42.5 Å². The monoisotopic (exact) mass is 466 g/mol. The third kappa shape index (κ3) is 6.67. The summed E-state index contributed by atoms with van der Waals surface area (Å²) < 4.78 is 6.60. The maximum absolute atomic E-state index is 12.1. The highest BCUT2D eigenvalue weighted by Crippen LogP contribution is 2.13. The quantitative estimate of drug-likeness (QED) is 0.346. The van der Waals surface area contributed by atoms with Gasteiger partial charge in [-0.25, -0.2) is 0 Å². The van der Waals surface area contributed by atoms with E-state index in [9.17, 15) is 9.59 Å². The predicted molar refractivity (Wildman–Crippen MR) is 110 cm³/mol. The topological polar surface area (TPSA) is 67.4 Å². The highest BCUT2D eigenvalue weighted by atomic mass is 127. The first-order valence-electron chi connectivity index (χ1n) is 8.69. The zero-order chi connectivity index (χ0) is 18.8. The van der Waals surface area contributed by atoms with Gasteiger partial charge in [-0.1, -0.05) is 32.3 Å². The molecule has 0 saturated heterocycles. The molecular formula is C20H23IN2O3. The van der Waals surface area contributed by atoms with Crippen LogP contribution in [0.15, 0.2) is 48.5 Å². The number of ether oxygens (including phenoxy) is 1. The van der Waals surface area contributed by atoms with Crippen LogP contribution in [0, 0.1) is 3.57 Å². The van der Waals surface area contributed by atoms with Gasteiger partial charge in [0.15, 0.2) is 0 Å². The van der Waals surface area contributed by atoms with Crippen LogP contribution in [0.3, 0.4) is 0 Å². The van der Waals surface area contributed by atoms with E-state index in [1.807, 2.05) is 6.07 Å². The predicted octanol–water partition coefficient (Wildman–Crippen LogP) is 4.33. The number of amides is 2. The molecule has 2 rings (SSSR count). The Morgan fingerprint density at radius 2 is 1.62 bits per heavy atom. The molecule has 2 N–H and O–H groups in total. The van der Waals surface area contributed by atoms with Gasteiger partial charge in [-0.15, -0.1) is 0 Å². The van der Waals surface area contributed by atoms with Gasteiger partial charge in [-0.05, 0) is 71.5 Å². The molecule has 6 heteroatoms. The summed E-state index contributed by atoms with van der Waals surface area (Å²) in [6.07, 6.45) is 4.61. The van der Waals surface area contributed by atoms with Crippen molar-refractivity contribution in [2.75, 3.05) is 6.61 Å². The lowest BCUT2D eigenvalue weighted by Crippen LogP contribution is -2.41. The molecule has 0 saturated carbocycles. The van der Waals surface area contributed by atoms with Crippen LogP contribution in [-0.4, -0.2) is 18.4 Å². The van der Waals surface area contributed by atoms with E-state index in [4.69, 9.17) is 4.74 Å². The summed E-state index contributed by atoms with van der Waals surface area (Å²) in [6.45, 7) is 2.85. The van der Waals surface area contributed by atoms with Crippen LogP contribution in [0.4, 0.5) is 0 Å². The summed E-state index contributed by atoms with van der Waals surface area (Å²) in [5.74, 6) is 0.00307. The van der Waals surface area contributed by atoms with Gasteiger partial charge in [0.2, 0.25) is 0 Å². The van der Waals surface area contributed by atoms with E-state index in [0.29, 0.717) is 17.7 Å². The van der Waals surface area contributed by atoms with Gasteiger partial charge in [0.05, 0.1) is 6.61 Å². The van der Waals surface area contributed by atoms with E-state index in [0.717, 1.165) is 22.2 Å². The van der Waals surface area contributed by atoms with Crippen LogP contribution in [0.5, 0.6) is 5.75 Å². The van der Waals surface area contributed by atoms with Crippen molar-refractivity contribution in [2.45, 2.75) is 32.6 Å². The molecule has 0 bridgehead atoms. The number of halogens is 1. The number of hydrazine groups is 1. The second-order valence-corrected chi connectivity index (χ2v) is 7.10. The van der Waals surface area contributed by atoms with Crippen LogP contribution in [0.1, 0.15) is 53.3 Å². The molecule has 0 aliphatic heterocycles. The van der Waals surface area contributed by atoms with Crippen molar-refractivity contribution in [1.29, 1.82) is 0 Å². The molecule has 0 fully saturated rings. The van der Waals surface area contributed by atoms with Gasteiger partial charge in [0, 0.05) is 14.7 Å². The Labute approximate surface area is 167 Å². The van der Waals surface area contributed by atoms with Crippen molar-refractivity contribution in [3.8, 4) is 5.75 Å². The van der Waals surface area contributed by atoms with E-state index in [1.165, 1.54) is 12.8 Å². The Kier molecular flexibility index (Phi) is 8.40. The average Bonchev–Trinajstić information content (AvgIpc) is 2.66. The first kappa shape index (κ1) is 20.2. The molecule has 0 aliphatic carbocycles. The summed E-state index contributed by atoms with van der Waals surface area (Å²) >= 11 is 2.13. The van der Waals surface area contributed by atoms with E-state index >= 15 is 0 Å². The lowest BCUT2D eigenvalue weighted by atomic mass is 10.2. The van der Waals surface area contributed by atoms with Gasteiger partial charge >= 0.3 is 0 Å². The minimum Gasteiger partial charge on any atom is -0.494 e. The summed E-state index contributed by atoms with van der Waals surface area (Å²) in [5.41, 5.74) is 5.78. The fourth-order valence-electron chi connectivity index (χ4n) is 2.31. The zero-order valence-corrected chi connectivity index (χ0v) is 16.9. The lowest BCUT2D eigenvalue weighted by Gasteiger charge is -2.09. The summed E-state index contributed by atoms with van der Waals surface area (Å²) in [7, 11) is 0. The molecule has 2 amide bonds. The number of nitrogens with one attached hydrogen (secondary N) is 2. The molecule has 0 heterocycles. The molecule has 26 heavy (non-hydrogen) atoms. The number of hydrogen-bond acceptors (Lipinski definition) is 3. The molecule has 138 valence electrons. The van der Waals surface area contributed by atoms with Crippen molar-refractivity contribution in [1.82, 2.24) is 10.9 Å². The van der Waals surface area contributed by atoms with Crippen LogP contribution in [0.25, 0.3) is 0 Å². The summed E-state index contributed by atoms with van der Waals surface area (Å²) in [6, 6.07) is 14.0. The Morgan fingerprint density at radius 3 is 2.27 bits per heavy atom. The molecule has 0 aromatic heterocycles. The standard InChI is InChI=1S/C20H23IN2O3/c1-2-3-4-5-13-26-18-11-9-15(10-12-18)19(24)22-23-20(25)16-7-6-8-17(21)14-16/h6-12,14H,2-5,13H2,1H3,(H,22,24)(H,23,25). The van der Waals surface area contributed by atoms with Crippen LogP contribution >= 0.6 is 22.6 Å². The van der Waals surface area contributed by atoms with Gasteiger partial charge < -0.3 is 4.74 Å². The van der Waals surface area contributed by atoms with Crippen molar-refractivity contribution < 1.29 is 14.3 Å². The van der Waals surface area contributed by atoms with E-state index < -0.39 is 0 Å². The minimum absolute atomic E-state index is 0.358. The SMILES string of the molecule is CCCCCCOc1ccc(C(=O)NNC(=O)c2cccc(I)c2)cc1. The van der Waals surface area contributed by atoms with Gasteiger partial charge in [-0.3, -0.25) is 20.4 Å². The first-order valence-corrected chi connectivity index (χ1v) is 9.77. The van der Waals surface area contributed by atoms with Crippen LogP contribution < -0.4 is 15.6 Å². The summed E-state index contributed by atoms with van der Waals surface area (Å²) in [4.78, 5) is 24.2. The Hall–Kier alpha value is -2.09. The van der Waals surface area contributed by atoms with Crippen LogP contribution in [0.2, 0.25) is 0 Å². The lowest BCUT2D eigenvalue weighted by molar-refractivity contribution is 0.0846. The molecule has 2 aromatic rings. The number of carbonyl (C=O) groups is 2. The van der Waals surface area contributed by atoms with E-state index in [2.05, 4.69) is 40.4 Å². The van der Waals surface area contributed by atoms with Crippen LogP contribution in [-0.2, 0) is 0 Å². The number of benzene rings is 2. The smallest absolute Gasteiger partial charge is 0.269 e. The number of rotatable bonds is 8. The third-order valence-corrected chi connectivity index (χ3v) is 4.43. The average molecular weight is 466 g/mol. The highest BCUT2D eigenvalue weighted by Gasteiger charge is 2.09. The molecular weight excluding hydrogens is 443 g/mol.